The summed E-state index contributed by atoms with van der Waals surface area (Å²) in [4.78, 5) is 19.4. The molecular formula is C21H24FN3O. The van der Waals surface area contributed by atoms with Gasteiger partial charge in [0.2, 0.25) is 5.91 Å². The summed E-state index contributed by atoms with van der Waals surface area (Å²) < 4.78 is 15.2. The first-order valence-electron chi connectivity index (χ1n) is 8.85. The second-order valence-corrected chi connectivity index (χ2v) is 6.91. The molecule has 0 radical (unpaired) electrons. The number of rotatable bonds is 5. The van der Waals surface area contributed by atoms with Gasteiger partial charge in [-0.15, -0.1) is 0 Å². The molecule has 0 saturated heterocycles. The van der Waals surface area contributed by atoms with E-state index >= 15 is 0 Å². The Morgan fingerprint density at radius 3 is 2.42 bits per heavy atom. The van der Waals surface area contributed by atoms with E-state index in [1.807, 2.05) is 56.7 Å². The number of nitrogens with zero attached hydrogens (tertiary/aromatic N) is 3. The minimum atomic E-state index is -0.370. The van der Waals surface area contributed by atoms with Gasteiger partial charge >= 0.3 is 0 Å². The van der Waals surface area contributed by atoms with Crippen molar-refractivity contribution in [2.45, 2.75) is 39.3 Å². The third kappa shape index (κ3) is 3.47. The zero-order chi connectivity index (χ0) is 18.8. The molecule has 136 valence electrons. The van der Waals surface area contributed by atoms with Gasteiger partial charge in [0.25, 0.3) is 0 Å². The Hall–Kier alpha value is -2.69. The fourth-order valence-corrected chi connectivity index (χ4v) is 3.10. The van der Waals surface area contributed by atoms with Gasteiger partial charge in [0, 0.05) is 19.5 Å². The minimum absolute atomic E-state index is 0.0449. The van der Waals surface area contributed by atoms with Gasteiger partial charge in [-0.05, 0) is 50.6 Å². The predicted molar refractivity (Wildman–Crippen MR) is 102 cm³/mol. The topological polar surface area (TPSA) is 38.1 Å². The number of imidazole rings is 1. The van der Waals surface area contributed by atoms with Gasteiger partial charge in [-0.3, -0.25) is 4.79 Å². The largest absolute Gasteiger partial charge is 0.342 e. The van der Waals surface area contributed by atoms with E-state index in [0.29, 0.717) is 6.42 Å². The molecule has 0 spiro atoms. The molecule has 0 fully saturated rings. The van der Waals surface area contributed by atoms with Crippen LogP contribution in [0.2, 0.25) is 0 Å². The first kappa shape index (κ1) is 18.1. The number of para-hydroxylation sites is 2. The summed E-state index contributed by atoms with van der Waals surface area (Å²) >= 11 is 0. The molecule has 0 saturated carbocycles. The van der Waals surface area contributed by atoms with Crippen LogP contribution in [-0.2, 0) is 11.2 Å². The number of hydrogen-bond acceptors (Lipinski definition) is 2. The van der Waals surface area contributed by atoms with Crippen LogP contribution in [0.5, 0.6) is 0 Å². The Morgan fingerprint density at radius 1 is 1.12 bits per heavy atom. The lowest BCUT2D eigenvalue weighted by molar-refractivity contribution is -0.134. The smallest absolute Gasteiger partial charge is 0.245 e. The van der Waals surface area contributed by atoms with Crippen LogP contribution < -0.4 is 0 Å². The molecule has 1 heterocycles. The standard InChI is InChI=1S/C21H24FN3O/c1-14(2)24(4)21(26)15(3)25-19-8-6-5-7-18(19)23-20(25)13-16-9-11-17(22)12-10-16/h5-12,14-15H,13H2,1-4H3. The van der Waals surface area contributed by atoms with Crippen LogP contribution in [0.3, 0.4) is 0 Å². The van der Waals surface area contributed by atoms with Crippen LogP contribution in [0.1, 0.15) is 38.2 Å². The summed E-state index contributed by atoms with van der Waals surface area (Å²) in [5.74, 6) is 0.587. The summed E-state index contributed by atoms with van der Waals surface area (Å²) in [6, 6.07) is 14.0. The van der Waals surface area contributed by atoms with Crippen molar-refractivity contribution < 1.29 is 9.18 Å². The Kier molecular flexibility index (Phi) is 5.07. The van der Waals surface area contributed by atoms with Crippen molar-refractivity contribution in [3.05, 3.63) is 65.7 Å². The van der Waals surface area contributed by atoms with E-state index in [1.54, 1.807) is 17.0 Å². The van der Waals surface area contributed by atoms with Crippen LogP contribution in [-0.4, -0.2) is 33.4 Å². The molecule has 1 atom stereocenters. The van der Waals surface area contributed by atoms with Crippen molar-refractivity contribution in [2.24, 2.45) is 0 Å². The van der Waals surface area contributed by atoms with Crippen molar-refractivity contribution >= 4 is 16.9 Å². The van der Waals surface area contributed by atoms with Gasteiger partial charge in [-0.25, -0.2) is 9.37 Å². The van der Waals surface area contributed by atoms with E-state index in [1.165, 1.54) is 12.1 Å². The number of halogens is 1. The molecule has 0 N–H and O–H groups in total. The van der Waals surface area contributed by atoms with E-state index in [4.69, 9.17) is 4.98 Å². The first-order chi connectivity index (χ1) is 12.4. The normalized spacial score (nSPS) is 12.5. The molecule has 1 unspecified atom stereocenters. The minimum Gasteiger partial charge on any atom is -0.342 e. The summed E-state index contributed by atoms with van der Waals surface area (Å²) in [6.45, 7) is 5.90. The Morgan fingerprint density at radius 2 is 1.77 bits per heavy atom. The van der Waals surface area contributed by atoms with Crippen LogP contribution in [0, 0.1) is 5.82 Å². The van der Waals surface area contributed by atoms with Gasteiger partial charge in [0.15, 0.2) is 0 Å². The SMILES string of the molecule is CC(C)N(C)C(=O)C(C)n1c(Cc2ccc(F)cc2)nc2ccccc21. The lowest BCUT2D eigenvalue weighted by atomic mass is 10.1. The zero-order valence-corrected chi connectivity index (χ0v) is 15.6. The van der Waals surface area contributed by atoms with Crippen LogP contribution >= 0.6 is 0 Å². The number of amides is 1. The number of likely N-dealkylation sites (N-methyl/N-ethyl adjacent to an activating group) is 1. The third-order valence-electron chi connectivity index (χ3n) is 4.81. The van der Waals surface area contributed by atoms with Crippen molar-refractivity contribution in [3.63, 3.8) is 0 Å². The monoisotopic (exact) mass is 353 g/mol. The molecule has 0 bridgehead atoms. The Bertz CT molecular complexity index is 915. The lowest BCUT2D eigenvalue weighted by Gasteiger charge is -2.27. The number of carbonyl (C=O) groups is 1. The van der Waals surface area contributed by atoms with Gasteiger partial charge in [-0.1, -0.05) is 24.3 Å². The van der Waals surface area contributed by atoms with Gasteiger partial charge in [0.1, 0.15) is 17.7 Å². The highest BCUT2D eigenvalue weighted by Crippen LogP contribution is 2.24. The van der Waals surface area contributed by atoms with E-state index in [9.17, 15) is 9.18 Å². The number of fused-ring (bicyclic) bond motifs is 1. The average Bonchev–Trinajstić information content (AvgIpc) is 2.99. The van der Waals surface area contributed by atoms with Crippen LogP contribution in [0.25, 0.3) is 11.0 Å². The lowest BCUT2D eigenvalue weighted by Crippen LogP contribution is -2.38. The second kappa shape index (κ2) is 7.28. The summed E-state index contributed by atoms with van der Waals surface area (Å²) in [5, 5.41) is 0. The molecule has 5 heteroatoms. The number of benzene rings is 2. The van der Waals surface area contributed by atoms with Crippen LogP contribution in [0.15, 0.2) is 48.5 Å². The number of hydrogen-bond donors (Lipinski definition) is 0. The van der Waals surface area contributed by atoms with Gasteiger partial charge in [-0.2, -0.15) is 0 Å². The molecule has 4 nitrogen and oxygen atoms in total. The maximum atomic E-state index is 13.2. The fraction of sp³-hybridized carbons (Fsp3) is 0.333. The van der Waals surface area contributed by atoms with E-state index in [0.717, 1.165) is 22.4 Å². The summed E-state index contributed by atoms with van der Waals surface area (Å²) in [6.07, 6.45) is 0.540. The summed E-state index contributed by atoms with van der Waals surface area (Å²) in [5.41, 5.74) is 2.75. The molecule has 0 aliphatic heterocycles. The highest BCUT2D eigenvalue weighted by molar-refractivity contribution is 5.84. The molecule has 1 aromatic heterocycles. The third-order valence-corrected chi connectivity index (χ3v) is 4.81. The quantitative estimate of drug-likeness (QED) is 0.690. The highest BCUT2D eigenvalue weighted by atomic mass is 19.1. The Labute approximate surface area is 153 Å². The number of aromatic nitrogens is 2. The average molecular weight is 353 g/mol. The molecule has 2 aromatic carbocycles. The highest BCUT2D eigenvalue weighted by Gasteiger charge is 2.25. The molecule has 3 aromatic rings. The Balaban J connectivity index is 2.04. The van der Waals surface area contributed by atoms with Gasteiger partial charge in [0.05, 0.1) is 11.0 Å². The zero-order valence-electron chi connectivity index (χ0n) is 15.6. The molecule has 3 rings (SSSR count). The molecular weight excluding hydrogens is 329 g/mol. The van der Waals surface area contributed by atoms with E-state index in [2.05, 4.69) is 0 Å². The second-order valence-electron chi connectivity index (χ2n) is 6.91. The summed E-state index contributed by atoms with van der Waals surface area (Å²) in [7, 11) is 1.82. The number of carbonyl (C=O) groups excluding carboxylic acids is 1. The predicted octanol–water partition coefficient (Wildman–Crippen LogP) is 4.19. The maximum absolute atomic E-state index is 13.2. The van der Waals surface area contributed by atoms with E-state index in [-0.39, 0.29) is 23.8 Å². The van der Waals surface area contributed by atoms with Crippen molar-refractivity contribution in [1.29, 1.82) is 0 Å². The first-order valence-corrected chi connectivity index (χ1v) is 8.85. The molecule has 0 aliphatic rings. The van der Waals surface area contributed by atoms with Crippen molar-refractivity contribution in [2.75, 3.05) is 7.05 Å². The van der Waals surface area contributed by atoms with Crippen molar-refractivity contribution in [1.82, 2.24) is 14.5 Å². The molecule has 1 amide bonds. The van der Waals surface area contributed by atoms with E-state index < -0.39 is 0 Å². The van der Waals surface area contributed by atoms with Crippen molar-refractivity contribution in [3.8, 4) is 0 Å². The van der Waals surface area contributed by atoms with Gasteiger partial charge < -0.3 is 9.47 Å². The molecule has 26 heavy (non-hydrogen) atoms. The van der Waals surface area contributed by atoms with Crippen LogP contribution in [0.4, 0.5) is 4.39 Å². The fourth-order valence-electron chi connectivity index (χ4n) is 3.10. The molecule has 0 aliphatic carbocycles. The maximum Gasteiger partial charge on any atom is 0.245 e.